The Hall–Kier alpha value is -2.51. The summed E-state index contributed by atoms with van der Waals surface area (Å²) in [6, 6.07) is 17.2. The van der Waals surface area contributed by atoms with Crippen molar-refractivity contribution in [3.8, 4) is 5.75 Å². The molecule has 0 saturated carbocycles. The average Bonchev–Trinajstić information content (AvgIpc) is 3.19. The standard InChI is InChI=1S/C21H23ClN4O2S/c1-14(16-6-4-3-5-7-16)12-23-20(27)15(2)29-21-24-19(25-26-21)13-28-18-10-8-17(22)9-11-18/h3-11,14-15H,12-13H2,1-2H3,(H,23,27)(H,24,25,26). The normalized spacial score (nSPS) is 12.9. The molecule has 0 aliphatic carbocycles. The van der Waals surface area contributed by atoms with Gasteiger partial charge in [0, 0.05) is 11.6 Å². The summed E-state index contributed by atoms with van der Waals surface area (Å²) in [6.45, 7) is 4.77. The topological polar surface area (TPSA) is 79.9 Å². The SMILES string of the molecule is CC(Sc1n[nH]c(COc2ccc(Cl)cc2)n1)C(=O)NCC(C)c1ccccc1. The van der Waals surface area contributed by atoms with E-state index in [9.17, 15) is 4.79 Å². The van der Waals surface area contributed by atoms with E-state index in [0.29, 0.717) is 28.3 Å². The second-order valence-electron chi connectivity index (χ2n) is 6.62. The van der Waals surface area contributed by atoms with Gasteiger partial charge in [0.1, 0.15) is 12.4 Å². The zero-order chi connectivity index (χ0) is 20.6. The molecule has 0 saturated heterocycles. The van der Waals surface area contributed by atoms with Gasteiger partial charge in [-0.3, -0.25) is 9.89 Å². The fraction of sp³-hybridized carbons (Fsp3) is 0.286. The van der Waals surface area contributed by atoms with E-state index < -0.39 is 0 Å². The molecule has 8 heteroatoms. The first kappa shape index (κ1) is 21.2. The fourth-order valence-electron chi connectivity index (χ4n) is 2.59. The van der Waals surface area contributed by atoms with Gasteiger partial charge in [0.05, 0.1) is 5.25 Å². The highest BCUT2D eigenvalue weighted by Gasteiger charge is 2.18. The highest BCUT2D eigenvalue weighted by molar-refractivity contribution is 8.00. The molecule has 29 heavy (non-hydrogen) atoms. The predicted molar refractivity (Wildman–Crippen MR) is 115 cm³/mol. The number of ether oxygens (including phenoxy) is 1. The van der Waals surface area contributed by atoms with Crippen LogP contribution in [0.2, 0.25) is 5.02 Å². The molecule has 3 aromatic rings. The number of carbonyl (C=O) groups excluding carboxylic acids is 1. The van der Waals surface area contributed by atoms with E-state index >= 15 is 0 Å². The van der Waals surface area contributed by atoms with Crippen LogP contribution in [-0.2, 0) is 11.4 Å². The summed E-state index contributed by atoms with van der Waals surface area (Å²) >= 11 is 7.16. The summed E-state index contributed by atoms with van der Waals surface area (Å²) < 4.78 is 5.64. The smallest absolute Gasteiger partial charge is 0.233 e. The highest BCUT2D eigenvalue weighted by Crippen LogP contribution is 2.21. The van der Waals surface area contributed by atoms with Crippen molar-refractivity contribution in [2.75, 3.05) is 6.54 Å². The quantitative estimate of drug-likeness (QED) is 0.490. The molecular formula is C21H23ClN4O2S. The molecule has 2 unspecified atom stereocenters. The molecule has 1 amide bonds. The van der Waals surface area contributed by atoms with Crippen LogP contribution in [0.15, 0.2) is 59.8 Å². The lowest BCUT2D eigenvalue weighted by Crippen LogP contribution is -2.33. The van der Waals surface area contributed by atoms with Crippen molar-refractivity contribution in [1.82, 2.24) is 20.5 Å². The van der Waals surface area contributed by atoms with Crippen molar-refractivity contribution in [1.29, 1.82) is 0 Å². The number of hydrogen-bond acceptors (Lipinski definition) is 5. The highest BCUT2D eigenvalue weighted by atomic mass is 35.5. The molecule has 0 radical (unpaired) electrons. The average molecular weight is 431 g/mol. The van der Waals surface area contributed by atoms with E-state index in [0.717, 1.165) is 0 Å². The van der Waals surface area contributed by atoms with Crippen molar-refractivity contribution in [2.45, 2.75) is 36.8 Å². The Kier molecular flexibility index (Phi) is 7.55. The van der Waals surface area contributed by atoms with Crippen LogP contribution < -0.4 is 10.1 Å². The number of benzene rings is 2. The molecule has 0 aliphatic rings. The third-order valence-electron chi connectivity index (χ3n) is 4.30. The Morgan fingerprint density at radius 3 is 2.62 bits per heavy atom. The maximum atomic E-state index is 12.4. The molecular weight excluding hydrogens is 408 g/mol. The lowest BCUT2D eigenvalue weighted by molar-refractivity contribution is -0.120. The monoisotopic (exact) mass is 430 g/mol. The number of H-pyrrole nitrogens is 1. The lowest BCUT2D eigenvalue weighted by Gasteiger charge is -2.15. The van der Waals surface area contributed by atoms with Gasteiger partial charge in [0.15, 0.2) is 5.82 Å². The summed E-state index contributed by atoms with van der Waals surface area (Å²) in [4.78, 5) is 16.8. The molecule has 3 rings (SSSR count). The second kappa shape index (κ2) is 10.3. The first-order valence-corrected chi connectivity index (χ1v) is 10.6. The van der Waals surface area contributed by atoms with Gasteiger partial charge in [-0.15, -0.1) is 5.10 Å². The second-order valence-corrected chi connectivity index (χ2v) is 8.37. The lowest BCUT2D eigenvalue weighted by atomic mass is 10.0. The van der Waals surface area contributed by atoms with Gasteiger partial charge in [0.2, 0.25) is 11.1 Å². The number of hydrogen-bond donors (Lipinski definition) is 2. The van der Waals surface area contributed by atoms with Gasteiger partial charge in [-0.05, 0) is 42.7 Å². The van der Waals surface area contributed by atoms with Crippen LogP contribution in [0.4, 0.5) is 0 Å². The van der Waals surface area contributed by atoms with E-state index in [4.69, 9.17) is 16.3 Å². The number of halogens is 1. The van der Waals surface area contributed by atoms with Crippen molar-refractivity contribution in [2.24, 2.45) is 0 Å². The van der Waals surface area contributed by atoms with Crippen LogP contribution in [0.5, 0.6) is 5.75 Å². The number of nitrogens with one attached hydrogen (secondary N) is 2. The number of carbonyl (C=O) groups is 1. The summed E-state index contributed by atoms with van der Waals surface area (Å²) in [6.07, 6.45) is 0. The summed E-state index contributed by atoms with van der Waals surface area (Å²) in [5, 5.41) is 10.8. The summed E-state index contributed by atoms with van der Waals surface area (Å²) in [7, 11) is 0. The molecule has 2 atom stereocenters. The number of amides is 1. The first-order chi connectivity index (χ1) is 14.0. The van der Waals surface area contributed by atoms with E-state index in [1.165, 1.54) is 17.3 Å². The number of nitrogens with zero attached hydrogens (tertiary/aromatic N) is 2. The van der Waals surface area contributed by atoms with Gasteiger partial charge in [-0.25, -0.2) is 4.98 Å². The third-order valence-corrected chi connectivity index (χ3v) is 5.52. The maximum absolute atomic E-state index is 12.4. The predicted octanol–water partition coefficient (Wildman–Crippen LogP) is 4.44. The fourth-order valence-corrected chi connectivity index (χ4v) is 3.48. The zero-order valence-electron chi connectivity index (χ0n) is 16.3. The number of rotatable bonds is 9. The van der Waals surface area contributed by atoms with Crippen LogP contribution in [0.25, 0.3) is 0 Å². The largest absolute Gasteiger partial charge is 0.486 e. The summed E-state index contributed by atoms with van der Waals surface area (Å²) in [5.41, 5.74) is 1.20. The first-order valence-electron chi connectivity index (χ1n) is 9.30. The zero-order valence-corrected chi connectivity index (χ0v) is 17.8. The van der Waals surface area contributed by atoms with E-state index in [1.54, 1.807) is 24.3 Å². The van der Waals surface area contributed by atoms with Crippen molar-refractivity contribution in [3.05, 3.63) is 71.0 Å². The van der Waals surface area contributed by atoms with E-state index in [1.807, 2.05) is 25.1 Å². The number of aromatic amines is 1. The van der Waals surface area contributed by atoms with Crippen LogP contribution in [0, 0.1) is 0 Å². The van der Waals surface area contributed by atoms with Crippen molar-refractivity contribution >= 4 is 29.3 Å². The molecule has 0 spiro atoms. The molecule has 1 aromatic heterocycles. The molecule has 0 bridgehead atoms. The van der Waals surface area contributed by atoms with Gasteiger partial charge in [-0.1, -0.05) is 60.6 Å². The Morgan fingerprint density at radius 1 is 1.17 bits per heavy atom. The van der Waals surface area contributed by atoms with Crippen LogP contribution >= 0.6 is 23.4 Å². The van der Waals surface area contributed by atoms with Gasteiger partial charge in [-0.2, -0.15) is 0 Å². The Bertz CT molecular complexity index is 918. The molecule has 1 heterocycles. The van der Waals surface area contributed by atoms with Gasteiger partial charge < -0.3 is 10.1 Å². The molecule has 2 aromatic carbocycles. The Labute approximate surface area is 179 Å². The van der Waals surface area contributed by atoms with Crippen LogP contribution in [0.3, 0.4) is 0 Å². The Morgan fingerprint density at radius 2 is 1.90 bits per heavy atom. The van der Waals surface area contributed by atoms with E-state index in [-0.39, 0.29) is 23.7 Å². The van der Waals surface area contributed by atoms with Gasteiger partial charge in [0.25, 0.3) is 0 Å². The Balaban J connectivity index is 1.44. The molecule has 0 fully saturated rings. The van der Waals surface area contributed by atoms with Crippen molar-refractivity contribution < 1.29 is 9.53 Å². The van der Waals surface area contributed by atoms with Crippen molar-refractivity contribution in [3.63, 3.8) is 0 Å². The minimum absolute atomic E-state index is 0.0402. The molecule has 2 N–H and O–H groups in total. The number of thioether (sulfide) groups is 1. The summed E-state index contributed by atoms with van der Waals surface area (Å²) in [5.74, 6) is 1.49. The van der Waals surface area contributed by atoms with Crippen LogP contribution in [-0.4, -0.2) is 32.9 Å². The minimum atomic E-state index is -0.307. The molecule has 6 nitrogen and oxygen atoms in total. The minimum Gasteiger partial charge on any atom is -0.486 e. The van der Waals surface area contributed by atoms with Gasteiger partial charge >= 0.3 is 0 Å². The molecule has 0 aliphatic heterocycles. The maximum Gasteiger partial charge on any atom is 0.233 e. The number of aromatic nitrogens is 3. The van der Waals surface area contributed by atoms with Crippen LogP contribution in [0.1, 0.15) is 31.2 Å². The third kappa shape index (κ3) is 6.51. The van der Waals surface area contributed by atoms with E-state index in [2.05, 4.69) is 39.6 Å². The molecule has 152 valence electrons.